The Balaban J connectivity index is 1.42. The summed E-state index contributed by atoms with van der Waals surface area (Å²) in [6, 6.07) is 6.48. The van der Waals surface area contributed by atoms with Crippen molar-refractivity contribution in [2.75, 3.05) is 5.32 Å². The lowest BCUT2D eigenvalue weighted by Gasteiger charge is -2.73. The first-order valence-corrected chi connectivity index (χ1v) is 9.31. The van der Waals surface area contributed by atoms with Crippen LogP contribution in [0.2, 0.25) is 0 Å². The molecule has 29 heavy (non-hydrogen) atoms. The van der Waals surface area contributed by atoms with E-state index >= 15 is 0 Å². The van der Waals surface area contributed by atoms with Crippen LogP contribution >= 0.6 is 0 Å². The molecule has 3 aliphatic carbocycles. The number of carbonyl (C=O) groups is 1. The monoisotopic (exact) mass is 410 g/mol. The Labute approximate surface area is 164 Å². The third-order valence-corrected chi connectivity index (χ3v) is 6.36. The van der Waals surface area contributed by atoms with Crippen LogP contribution in [0.4, 0.5) is 27.6 Å². The van der Waals surface area contributed by atoms with Crippen molar-refractivity contribution in [3.8, 4) is 0 Å². The summed E-state index contributed by atoms with van der Waals surface area (Å²) < 4.78 is 66.5. The first kappa shape index (κ1) is 19.8. The van der Waals surface area contributed by atoms with Crippen molar-refractivity contribution in [1.29, 1.82) is 0 Å². The smallest absolute Gasteiger partial charge is 0.375 e. The van der Waals surface area contributed by atoms with Gasteiger partial charge in [0.15, 0.2) is 0 Å². The Morgan fingerprint density at radius 2 is 1.76 bits per heavy atom. The van der Waals surface area contributed by atoms with E-state index in [1.807, 2.05) is 6.92 Å². The molecule has 1 aromatic carbocycles. The Bertz CT molecular complexity index is 935. The zero-order valence-electron chi connectivity index (χ0n) is 15.6. The van der Waals surface area contributed by atoms with Crippen LogP contribution in [0, 0.1) is 23.1 Å². The maximum Gasteiger partial charge on any atom is 0.418 e. The molecule has 1 unspecified atom stereocenters. The number of halogens is 5. The molecule has 0 amide bonds. The number of aromatic nitrogens is 1. The molecular formula is C21H19F5N2O. The summed E-state index contributed by atoms with van der Waals surface area (Å²) in [4.78, 5) is 16.0. The number of hydrogen-bond donors (Lipinski definition) is 1. The average molecular weight is 410 g/mol. The van der Waals surface area contributed by atoms with E-state index in [-0.39, 0.29) is 29.4 Å². The molecule has 1 heterocycles. The first-order valence-electron chi connectivity index (χ1n) is 9.31. The maximum atomic E-state index is 14.0. The van der Waals surface area contributed by atoms with Crippen molar-refractivity contribution < 1.29 is 26.7 Å². The second-order valence-electron chi connectivity index (χ2n) is 8.31. The third-order valence-electron chi connectivity index (χ3n) is 6.36. The maximum absolute atomic E-state index is 14.0. The molecule has 3 saturated carbocycles. The van der Waals surface area contributed by atoms with Gasteiger partial charge in [-0.1, -0.05) is 19.1 Å². The van der Waals surface area contributed by atoms with Crippen molar-refractivity contribution in [3.63, 3.8) is 0 Å². The number of carbonyl (C=O) groups excluding carboxylic acids is 1. The predicted octanol–water partition coefficient (Wildman–Crippen LogP) is 5.16. The van der Waals surface area contributed by atoms with Crippen molar-refractivity contribution in [2.45, 2.75) is 44.3 Å². The summed E-state index contributed by atoms with van der Waals surface area (Å²) in [6.07, 6.45) is -2.21. The van der Waals surface area contributed by atoms with E-state index in [0.717, 1.165) is 17.8 Å². The SMILES string of the molecule is CC(C(=O)Cc1ccc(F)cc1)C12CC(Nc3c(C(F)(F)F)ccnc3F)(C1)C2. The second-order valence-corrected chi connectivity index (χ2v) is 8.31. The Kier molecular flexibility index (Phi) is 4.44. The molecule has 1 aromatic heterocycles. The van der Waals surface area contributed by atoms with Gasteiger partial charge in [-0.3, -0.25) is 4.79 Å². The van der Waals surface area contributed by atoms with Gasteiger partial charge in [-0.25, -0.2) is 9.37 Å². The molecule has 3 nitrogen and oxygen atoms in total. The molecule has 154 valence electrons. The summed E-state index contributed by atoms with van der Waals surface area (Å²) in [6.45, 7) is 1.82. The van der Waals surface area contributed by atoms with Crippen LogP contribution in [0.1, 0.15) is 37.3 Å². The van der Waals surface area contributed by atoms with E-state index in [2.05, 4.69) is 10.3 Å². The van der Waals surface area contributed by atoms with Crippen molar-refractivity contribution in [2.24, 2.45) is 11.3 Å². The molecule has 5 rings (SSSR count). The van der Waals surface area contributed by atoms with Crippen LogP contribution < -0.4 is 5.32 Å². The number of hydrogen-bond acceptors (Lipinski definition) is 3. The van der Waals surface area contributed by atoms with E-state index in [9.17, 15) is 26.7 Å². The quantitative estimate of drug-likeness (QED) is 0.528. The van der Waals surface area contributed by atoms with Gasteiger partial charge in [0.05, 0.1) is 5.56 Å². The van der Waals surface area contributed by atoms with Crippen molar-refractivity contribution >= 4 is 11.5 Å². The zero-order valence-corrected chi connectivity index (χ0v) is 15.6. The fraction of sp³-hybridized carbons (Fsp3) is 0.429. The molecular weight excluding hydrogens is 391 g/mol. The molecule has 3 fully saturated rings. The number of nitrogens with one attached hydrogen (secondary N) is 1. The second kappa shape index (κ2) is 6.50. The normalized spacial score (nSPS) is 26.3. The number of rotatable bonds is 6. The van der Waals surface area contributed by atoms with Gasteiger partial charge in [-0.15, -0.1) is 0 Å². The minimum absolute atomic E-state index is 0.00782. The lowest BCUT2D eigenvalue weighted by atomic mass is 9.35. The molecule has 1 N–H and O–H groups in total. The highest BCUT2D eigenvalue weighted by atomic mass is 19.4. The van der Waals surface area contributed by atoms with E-state index in [1.165, 1.54) is 12.1 Å². The topological polar surface area (TPSA) is 42.0 Å². The molecule has 0 saturated heterocycles. The van der Waals surface area contributed by atoms with Gasteiger partial charge >= 0.3 is 6.18 Å². The van der Waals surface area contributed by atoms with Crippen LogP contribution in [0.25, 0.3) is 0 Å². The summed E-state index contributed by atoms with van der Waals surface area (Å²) in [5.74, 6) is -1.83. The highest BCUT2D eigenvalue weighted by Gasteiger charge is 2.70. The lowest BCUT2D eigenvalue weighted by Crippen LogP contribution is -2.73. The number of ketones is 1. The lowest BCUT2D eigenvalue weighted by molar-refractivity contribution is -0.168. The fourth-order valence-corrected chi connectivity index (χ4v) is 4.81. The summed E-state index contributed by atoms with van der Waals surface area (Å²) in [5.41, 5.74) is -1.90. The summed E-state index contributed by atoms with van der Waals surface area (Å²) in [7, 11) is 0. The van der Waals surface area contributed by atoms with Gasteiger partial charge < -0.3 is 5.32 Å². The fourth-order valence-electron chi connectivity index (χ4n) is 4.81. The van der Waals surface area contributed by atoms with Crippen LogP contribution in [0.5, 0.6) is 0 Å². The largest absolute Gasteiger partial charge is 0.418 e. The predicted molar refractivity (Wildman–Crippen MR) is 96.1 cm³/mol. The van der Waals surface area contributed by atoms with E-state index < -0.39 is 28.9 Å². The Hall–Kier alpha value is -2.51. The summed E-state index contributed by atoms with van der Waals surface area (Å²) in [5, 5.41) is 2.73. The minimum atomic E-state index is -4.69. The number of nitrogens with zero attached hydrogens (tertiary/aromatic N) is 1. The van der Waals surface area contributed by atoms with E-state index in [1.54, 1.807) is 12.1 Å². The van der Waals surface area contributed by atoms with Crippen LogP contribution in [0.15, 0.2) is 36.5 Å². The standard InChI is InChI=1S/C21H19F5N2O/c1-12(16(29)8-13-2-4-14(22)5-3-13)19-9-20(10-19,11-19)28-17-15(21(24,25)26)6-7-27-18(17)23/h2-7,12,28H,8-11H2,1H3. The van der Waals surface area contributed by atoms with Crippen molar-refractivity contribution in [1.82, 2.24) is 4.98 Å². The van der Waals surface area contributed by atoms with E-state index in [4.69, 9.17) is 0 Å². The van der Waals surface area contributed by atoms with E-state index in [0.29, 0.717) is 19.3 Å². The average Bonchev–Trinajstić information content (AvgIpc) is 2.58. The molecule has 8 heteroatoms. The number of benzene rings is 1. The van der Waals surface area contributed by atoms with Gasteiger partial charge in [0.2, 0.25) is 5.95 Å². The molecule has 0 radical (unpaired) electrons. The molecule has 1 atom stereocenters. The molecule has 2 aromatic rings. The molecule has 2 bridgehead atoms. The van der Waals surface area contributed by atoms with Crippen LogP contribution in [-0.4, -0.2) is 16.3 Å². The van der Waals surface area contributed by atoms with Gasteiger partial charge in [0.25, 0.3) is 0 Å². The number of alkyl halides is 3. The van der Waals surface area contributed by atoms with Gasteiger partial charge in [0.1, 0.15) is 17.3 Å². The number of Topliss-reactive ketones (excluding diaryl/α,β-unsaturated/α-hetero) is 1. The molecule has 3 aliphatic rings. The number of anilines is 1. The molecule has 0 aliphatic heterocycles. The first-order chi connectivity index (χ1) is 13.5. The van der Waals surface area contributed by atoms with Gasteiger partial charge in [-0.05, 0) is 48.4 Å². The minimum Gasteiger partial charge on any atom is -0.375 e. The highest BCUT2D eigenvalue weighted by molar-refractivity contribution is 5.84. The Morgan fingerprint density at radius 1 is 1.14 bits per heavy atom. The van der Waals surface area contributed by atoms with Crippen LogP contribution in [-0.2, 0) is 17.4 Å². The summed E-state index contributed by atoms with van der Waals surface area (Å²) >= 11 is 0. The third kappa shape index (κ3) is 3.38. The van der Waals surface area contributed by atoms with Crippen LogP contribution in [0.3, 0.4) is 0 Å². The Morgan fingerprint density at radius 3 is 2.34 bits per heavy atom. The highest BCUT2D eigenvalue weighted by Crippen LogP contribution is 2.72. The zero-order chi connectivity index (χ0) is 21.0. The molecule has 0 spiro atoms. The van der Waals surface area contributed by atoms with Gasteiger partial charge in [-0.2, -0.15) is 17.6 Å². The van der Waals surface area contributed by atoms with Crippen molar-refractivity contribution in [3.05, 3.63) is 59.4 Å². The van der Waals surface area contributed by atoms with Gasteiger partial charge in [0, 0.05) is 24.1 Å². The number of pyridine rings is 1.